The molecule has 2 N–H and O–H groups in total. The van der Waals surface area contributed by atoms with Crippen LogP contribution in [0.2, 0.25) is 5.02 Å². The summed E-state index contributed by atoms with van der Waals surface area (Å²) in [6, 6.07) is 6.98. The number of benzene rings is 2. The zero-order valence-electron chi connectivity index (χ0n) is 10.7. The first-order valence-corrected chi connectivity index (χ1v) is 6.25. The number of halogens is 3. The van der Waals surface area contributed by atoms with Crippen LogP contribution in [-0.4, -0.2) is 0 Å². The molecule has 1 nitrogen and oxygen atoms in total. The molecule has 0 radical (unpaired) electrons. The summed E-state index contributed by atoms with van der Waals surface area (Å²) in [6.45, 7) is 3.86. The van der Waals surface area contributed by atoms with Crippen LogP contribution in [0.1, 0.15) is 28.3 Å². The van der Waals surface area contributed by atoms with Crippen LogP contribution >= 0.6 is 11.6 Å². The molecule has 0 spiro atoms. The fraction of sp³-hybridized carbons (Fsp3) is 0.200. The Bertz CT molecular complexity index is 626. The average Bonchev–Trinajstić information content (AvgIpc) is 2.33. The van der Waals surface area contributed by atoms with E-state index in [-0.39, 0.29) is 10.6 Å². The maximum absolute atomic E-state index is 13.8. The van der Waals surface area contributed by atoms with Crippen molar-refractivity contribution >= 4 is 11.6 Å². The third-order valence-electron chi connectivity index (χ3n) is 3.14. The van der Waals surface area contributed by atoms with Crippen molar-refractivity contribution in [2.75, 3.05) is 0 Å². The normalized spacial score (nSPS) is 12.5. The van der Waals surface area contributed by atoms with E-state index in [0.717, 1.165) is 28.8 Å². The van der Waals surface area contributed by atoms with Gasteiger partial charge in [0.2, 0.25) is 0 Å². The lowest BCUT2D eigenvalue weighted by molar-refractivity contribution is 0.576. The highest BCUT2D eigenvalue weighted by Gasteiger charge is 2.18. The zero-order chi connectivity index (χ0) is 14.2. The Morgan fingerprint density at radius 2 is 1.68 bits per heavy atom. The minimum absolute atomic E-state index is 0.105. The maximum atomic E-state index is 13.8. The van der Waals surface area contributed by atoms with Gasteiger partial charge in [0.05, 0.1) is 11.1 Å². The fourth-order valence-corrected chi connectivity index (χ4v) is 2.27. The molecule has 0 saturated heterocycles. The van der Waals surface area contributed by atoms with Crippen LogP contribution in [0.3, 0.4) is 0 Å². The summed E-state index contributed by atoms with van der Waals surface area (Å²) >= 11 is 5.53. The predicted molar refractivity (Wildman–Crippen MR) is 73.3 cm³/mol. The summed E-state index contributed by atoms with van der Waals surface area (Å²) in [4.78, 5) is 0. The van der Waals surface area contributed by atoms with Crippen LogP contribution in [-0.2, 0) is 0 Å². The molecule has 2 rings (SSSR count). The summed E-state index contributed by atoms with van der Waals surface area (Å²) in [7, 11) is 0. The Hall–Kier alpha value is -1.45. The standard InChI is InChI=1S/C15H14ClF2N/c1-8-3-4-10(9(2)5-8)15(19)11-6-14(18)12(16)7-13(11)17/h3-7,15H,19H2,1-2H3. The van der Waals surface area contributed by atoms with Gasteiger partial charge in [-0.3, -0.25) is 0 Å². The number of aryl methyl sites for hydroxylation is 2. The molecule has 2 aromatic carbocycles. The zero-order valence-corrected chi connectivity index (χ0v) is 11.4. The molecule has 1 unspecified atom stereocenters. The van der Waals surface area contributed by atoms with Crippen LogP contribution < -0.4 is 5.73 Å². The maximum Gasteiger partial charge on any atom is 0.142 e. The molecule has 100 valence electrons. The first-order valence-electron chi connectivity index (χ1n) is 5.87. The Morgan fingerprint density at radius 3 is 2.32 bits per heavy atom. The lowest BCUT2D eigenvalue weighted by Gasteiger charge is -2.17. The largest absolute Gasteiger partial charge is 0.320 e. The van der Waals surface area contributed by atoms with E-state index in [9.17, 15) is 8.78 Å². The van der Waals surface area contributed by atoms with E-state index in [2.05, 4.69) is 0 Å². The lowest BCUT2D eigenvalue weighted by atomic mass is 9.94. The second-order valence-corrected chi connectivity index (χ2v) is 5.03. The Kier molecular flexibility index (Phi) is 3.88. The van der Waals surface area contributed by atoms with Gasteiger partial charge in [-0.25, -0.2) is 8.78 Å². The smallest absolute Gasteiger partial charge is 0.142 e. The molecule has 0 aliphatic carbocycles. The van der Waals surface area contributed by atoms with Gasteiger partial charge >= 0.3 is 0 Å². The summed E-state index contributed by atoms with van der Waals surface area (Å²) in [5.74, 6) is -1.27. The first-order chi connectivity index (χ1) is 8.90. The van der Waals surface area contributed by atoms with Crippen molar-refractivity contribution in [1.29, 1.82) is 0 Å². The highest BCUT2D eigenvalue weighted by molar-refractivity contribution is 6.30. The van der Waals surface area contributed by atoms with Crippen molar-refractivity contribution < 1.29 is 8.78 Å². The van der Waals surface area contributed by atoms with Gasteiger partial charge in [0, 0.05) is 5.56 Å². The highest BCUT2D eigenvalue weighted by Crippen LogP contribution is 2.28. The SMILES string of the molecule is Cc1ccc(C(N)c2cc(F)c(Cl)cc2F)c(C)c1. The van der Waals surface area contributed by atoms with Crippen molar-refractivity contribution in [3.05, 3.63) is 69.2 Å². The molecule has 0 saturated carbocycles. The molecule has 19 heavy (non-hydrogen) atoms. The van der Waals surface area contributed by atoms with Crippen molar-refractivity contribution in [3.8, 4) is 0 Å². The Balaban J connectivity index is 2.49. The van der Waals surface area contributed by atoms with E-state index in [0.29, 0.717) is 0 Å². The van der Waals surface area contributed by atoms with Gasteiger partial charge in [0.25, 0.3) is 0 Å². The van der Waals surface area contributed by atoms with Gasteiger partial charge in [-0.2, -0.15) is 0 Å². The molecule has 0 fully saturated rings. The molecule has 0 bridgehead atoms. The van der Waals surface area contributed by atoms with Gasteiger partial charge in [-0.1, -0.05) is 35.4 Å². The average molecular weight is 282 g/mol. The number of hydrogen-bond donors (Lipinski definition) is 1. The number of nitrogens with two attached hydrogens (primary N) is 1. The summed E-state index contributed by atoms with van der Waals surface area (Å²) < 4.78 is 27.3. The minimum atomic E-state index is -0.715. The highest BCUT2D eigenvalue weighted by atomic mass is 35.5. The van der Waals surface area contributed by atoms with Crippen LogP contribution in [0.15, 0.2) is 30.3 Å². The molecular formula is C15H14ClF2N. The molecule has 0 amide bonds. The van der Waals surface area contributed by atoms with Crippen molar-refractivity contribution in [2.24, 2.45) is 5.73 Å². The van der Waals surface area contributed by atoms with Crippen LogP contribution in [0.25, 0.3) is 0 Å². The van der Waals surface area contributed by atoms with Gasteiger partial charge in [0.15, 0.2) is 0 Å². The minimum Gasteiger partial charge on any atom is -0.320 e. The summed E-state index contributed by atoms with van der Waals surface area (Å²) in [5.41, 5.74) is 8.95. The third kappa shape index (κ3) is 2.77. The van der Waals surface area contributed by atoms with Gasteiger partial charge < -0.3 is 5.73 Å². The molecule has 4 heteroatoms. The fourth-order valence-electron chi connectivity index (χ4n) is 2.12. The molecule has 0 heterocycles. The topological polar surface area (TPSA) is 26.0 Å². The van der Waals surface area contributed by atoms with Gasteiger partial charge in [-0.15, -0.1) is 0 Å². The molecule has 0 aliphatic heterocycles. The number of rotatable bonds is 2. The van der Waals surface area contributed by atoms with Crippen molar-refractivity contribution in [3.63, 3.8) is 0 Å². The Labute approximate surface area is 116 Å². The molecule has 1 atom stereocenters. The van der Waals surface area contributed by atoms with Crippen LogP contribution in [0.5, 0.6) is 0 Å². The van der Waals surface area contributed by atoms with Crippen molar-refractivity contribution in [1.82, 2.24) is 0 Å². The first kappa shape index (κ1) is 14.0. The quantitative estimate of drug-likeness (QED) is 0.817. The molecule has 0 aliphatic rings. The monoisotopic (exact) mass is 281 g/mol. The Morgan fingerprint density at radius 1 is 1.00 bits per heavy atom. The van der Waals surface area contributed by atoms with E-state index in [1.807, 2.05) is 32.0 Å². The van der Waals surface area contributed by atoms with E-state index in [4.69, 9.17) is 17.3 Å². The molecule has 0 aromatic heterocycles. The van der Waals surface area contributed by atoms with E-state index in [1.165, 1.54) is 0 Å². The molecular weight excluding hydrogens is 268 g/mol. The summed E-state index contributed by atoms with van der Waals surface area (Å²) in [5, 5.41) is -0.242. The van der Waals surface area contributed by atoms with E-state index >= 15 is 0 Å². The lowest BCUT2D eigenvalue weighted by Crippen LogP contribution is -2.15. The number of hydrogen-bond acceptors (Lipinski definition) is 1. The van der Waals surface area contributed by atoms with Crippen LogP contribution in [0, 0.1) is 25.5 Å². The second-order valence-electron chi connectivity index (χ2n) is 4.63. The predicted octanol–water partition coefficient (Wildman–Crippen LogP) is 4.28. The summed E-state index contributed by atoms with van der Waals surface area (Å²) in [6.07, 6.45) is 0. The van der Waals surface area contributed by atoms with E-state index in [1.54, 1.807) is 0 Å². The van der Waals surface area contributed by atoms with Gasteiger partial charge in [-0.05, 0) is 37.1 Å². The third-order valence-corrected chi connectivity index (χ3v) is 3.42. The van der Waals surface area contributed by atoms with Gasteiger partial charge in [0.1, 0.15) is 11.6 Å². The van der Waals surface area contributed by atoms with E-state index < -0.39 is 17.7 Å². The second kappa shape index (κ2) is 5.27. The molecule has 2 aromatic rings. The van der Waals surface area contributed by atoms with Crippen molar-refractivity contribution in [2.45, 2.75) is 19.9 Å². The van der Waals surface area contributed by atoms with Crippen LogP contribution in [0.4, 0.5) is 8.78 Å².